The van der Waals surface area contributed by atoms with Gasteiger partial charge in [0.1, 0.15) is 12.1 Å². The van der Waals surface area contributed by atoms with E-state index >= 15 is 0 Å². The fourth-order valence-electron chi connectivity index (χ4n) is 1.35. The van der Waals surface area contributed by atoms with Gasteiger partial charge in [-0.15, -0.1) is 0 Å². The van der Waals surface area contributed by atoms with Crippen LogP contribution in [0.4, 0.5) is 5.95 Å². The molecule has 9 heteroatoms. The van der Waals surface area contributed by atoms with Crippen LogP contribution in [0, 0.1) is 0 Å². The normalized spacial score (nSPS) is 9.95. The summed E-state index contributed by atoms with van der Waals surface area (Å²) in [5, 5.41) is 11.4. The van der Waals surface area contributed by atoms with Crippen molar-refractivity contribution in [1.82, 2.24) is 20.5 Å². The quantitative estimate of drug-likeness (QED) is 0.723. The maximum Gasteiger partial charge on any atom is 0.258 e. The summed E-state index contributed by atoms with van der Waals surface area (Å²) in [5.41, 5.74) is 0. The number of aromatic amines is 1. The third kappa shape index (κ3) is 5.11. The Kier molecular flexibility index (Phi) is 5.10. The molecule has 0 saturated carbocycles. The second-order valence-electron chi connectivity index (χ2n) is 3.90. The van der Waals surface area contributed by atoms with E-state index in [0.717, 1.165) is 0 Å². The van der Waals surface area contributed by atoms with Gasteiger partial charge in [-0.25, -0.2) is 5.10 Å². The molecule has 0 aliphatic rings. The lowest BCUT2D eigenvalue weighted by Gasteiger charge is -2.07. The lowest BCUT2D eigenvalue weighted by atomic mass is 10.3. The maximum absolute atomic E-state index is 11.5. The van der Waals surface area contributed by atoms with Crippen molar-refractivity contribution < 1.29 is 14.3 Å². The Morgan fingerprint density at radius 1 is 1.24 bits per heavy atom. The van der Waals surface area contributed by atoms with E-state index in [4.69, 9.17) is 16.3 Å². The first-order valence-electron chi connectivity index (χ1n) is 5.94. The van der Waals surface area contributed by atoms with Gasteiger partial charge in [0.15, 0.2) is 6.61 Å². The van der Waals surface area contributed by atoms with Crippen molar-refractivity contribution in [3.05, 3.63) is 35.6 Å². The number of carbonyl (C=O) groups excluding carboxylic acids is 2. The molecule has 110 valence electrons. The number of anilines is 1. The molecule has 0 spiro atoms. The van der Waals surface area contributed by atoms with Crippen LogP contribution in [-0.2, 0) is 9.59 Å². The standard InChI is InChI=1S/C12H12ClN5O3/c13-8-1-3-9(4-2-8)21-6-11(20)14-5-10(19)17-12-15-7-16-18-12/h1-4,7H,5-6H2,(H,14,20)(H2,15,16,17,18,19). The predicted molar refractivity (Wildman–Crippen MR) is 75.0 cm³/mol. The predicted octanol–water partition coefficient (Wildman–Crippen LogP) is 0.592. The molecule has 0 bridgehead atoms. The Labute approximate surface area is 124 Å². The summed E-state index contributed by atoms with van der Waals surface area (Å²) in [6.45, 7) is -0.388. The summed E-state index contributed by atoms with van der Waals surface area (Å²) in [7, 11) is 0. The zero-order valence-corrected chi connectivity index (χ0v) is 11.6. The van der Waals surface area contributed by atoms with Crippen LogP contribution in [-0.4, -0.2) is 40.1 Å². The third-order valence-electron chi connectivity index (χ3n) is 2.30. The van der Waals surface area contributed by atoms with Gasteiger partial charge in [0.25, 0.3) is 5.91 Å². The molecule has 2 aromatic rings. The Balaban J connectivity index is 1.67. The van der Waals surface area contributed by atoms with Crippen LogP contribution >= 0.6 is 11.6 Å². The van der Waals surface area contributed by atoms with Crippen molar-refractivity contribution >= 4 is 29.4 Å². The minimum absolute atomic E-state index is 0.191. The minimum Gasteiger partial charge on any atom is -0.484 e. The fraction of sp³-hybridized carbons (Fsp3) is 0.167. The van der Waals surface area contributed by atoms with Gasteiger partial charge in [-0.3, -0.25) is 14.9 Å². The molecule has 0 aliphatic heterocycles. The highest BCUT2D eigenvalue weighted by atomic mass is 35.5. The van der Waals surface area contributed by atoms with E-state index in [2.05, 4.69) is 25.8 Å². The van der Waals surface area contributed by atoms with Crippen LogP contribution in [0.25, 0.3) is 0 Å². The van der Waals surface area contributed by atoms with Crippen LogP contribution in [0.5, 0.6) is 5.75 Å². The number of H-pyrrole nitrogens is 1. The van der Waals surface area contributed by atoms with E-state index in [9.17, 15) is 9.59 Å². The molecule has 1 heterocycles. The summed E-state index contributed by atoms with van der Waals surface area (Å²) < 4.78 is 5.23. The number of halogens is 1. The van der Waals surface area contributed by atoms with E-state index in [1.165, 1.54) is 6.33 Å². The summed E-state index contributed by atoms with van der Waals surface area (Å²) in [5.74, 6) is -0.114. The van der Waals surface area contributed by atoms with Gasteiger partial charge in [0.05, 0.1) is 6.54 Å². The van der Waals surface area contributed by atoms with Crippen LogP contribution in [0.1, 0.15) is 0 Å². The van der Waals surface area contributed by atoms with Gasteiger partial charge in [-0.05, 0) is 24.3 Å². The summed E-state index contributed by atoms with van der Waals surface area (Å²) in [4.78, 5) is 26.7. The molecule has 0 unspecified atom stereocenters. The lowest BCUT2D eigenvalue weighted by Crippen LogP contribution is -2.35. The summed E-state index contributed by atoms with van der Waals surface area (Å²) in [6, 6.07) is 6.59. The minimum atomic E-state index is -0.424. The molecule has 1 aromatic carbocycles. The fourth-order valence-corrected chi connectivity index (χ4v) is 1.48. The molecule has 3 N–H and O–H groups in total. The first-order chi connectivity index (χ1) is 10.1. The number of hydrogen-bond donors (Lipinski definition) is 3. The number of nitrogens with one attached hydrogen (secondary N) is 3. The number of nitrogens with zero attached hydrogens (tertiary/aromatic N) is 2. The SMILES string of the molecule is O=C(COc1ccc(Cl)cc1)NCC(=O)Nc1ncn[nH]1. The molecule has 1 aromatic heterocycles. The number of aromatic nitrogens is 3. The first-order valence-corrected chi connectivity index (χ1v) is 6.31. The molecule has 2 amide bonds. The Morgan fingerprint density at radius 3 is 2.67 bits per heavy atom. The van der Waals surface area contributed by atoms with Crippen LogP contribution in [0.2, 0.25) is 5.02 Å². The number of ether oxygens (including phenoxy) is 1. The molecule has 0 radical (unpaired) electrons. The highest BCUT2D eigenvalue weighted by molar-refractivity contribution is 6.30. The second kappa shape index (κ2) is 7.25. The molecule has 0 aliphatic carbocycles. The van der Waals surface area contributed by atoms with E-state index in [1.54, 1.807) is 24.3 Å². The average Bonchev–Trinajstić information content (AvgIpc) is 2.97. The van der Waals surface area contributed by atoms with Gasteiger partial charge in [0, 0.05) is 5.02 Å². The maximum atomic E-state index is 11.5. The molecular formula is C12H12ClN5O3. The zero-order chi connectivity index (χ0) is 15.1. The van der Waals surface area contributed by atoms with Crippen molar-refractivity contribution in [2.45, 2.75) is 0 Å². The summed E-state index contributed by atoms with van der Waals surface area (Å²) >= 11 is 5.73. The number of hydrogen-bond acceptors (Lipinski definition) is 5. The number of carbonyl (C=O) groups is 2. The second-order valence-corrected chi connectivity index (χ2v) is 4.34. The number of rotatable bonds is 6. The third-order valence-corrected chi connectivity index (χ3v) is 2.55. The van der Waals surface area contributed by atoms with E-state index in [0.29, 0.717) is 10.8 Å². The Bertz CT molecular complexity index is 600. The van der Waals surface area contributed by atoms with Gasteiger partial charge in [-0.1, -0.05) is 11.6 Å². The molecule has 0 atom stereocenters. The molecular weight excluding hydrogens is 298 g/mol. The van der Waals surface area contributed by atoms with Gasteiger partial charge in [-0.2, -0.15) is 10.1 Å². The highest BCUT2D eigenvalue weighted by Gasteiger charge is 2.07. The van der Waals surface area contributed by atoms with Crippen molar-refractivity contribution in [3.8, 4) is 5.75 Å². The van der Waals surface area contributed by atoms with E-state index in [1.807, 2.05) is 0 Å². The smallest absolute Gasteiger partial charge is 0.258 e. The first kappa shape index (κ1) is 14.8. The van der Waals surface area contributed by atoms with E-state index < -0.39 is 11.8 Å². The lowest BCUT2D eigenvalue weighted by molar-refractivity contribution is -0.125. The number of benzene rings is 1. The topological polar surface area (TPSA) is 109 Å². The average molecular weight is 310 g/mol. The van der Waals surface area contributed by atoms with Crippen molar-refractivity contribution in [2.24, 2.45) is 0 Å². The zero-order valence-electron chi connectivity index (χ0n) is 10.8. The van der Waals surface area contributed by atoms with Crippen LogP contribution in [0.15, 0.2) is 30.6 Å². The summed E-state index contributed by atoms with van der Waals surface area (Å²) in [6.07, 6.45) is 1.26. The molecule has 0 saturated heterocycles. The largest absolute Gasteiger partial charge is 0.484 e. The molecule has 2 rings (SSSR count). The Morgan fingerprint density at radius 2 is 2.00 bits per heavy atom. The van der Waals surface area contributed by atoms with Gasteiger partial charge >= 0.3 is 0 Å². The van der Waals surface area contributed by atoms with E-state index in [-0.39, 0.29) is 19.1 Å². The van der Waals surface area contributed by atoms with Crippen LogP contribution in [0.3, 0.4) is 0 Å². The number of amides is 2. The molecule has 21 heavy (non-hydrogen) atoms. The highest BCUT2D eigenvalue weighted by Crippen LogP contribution is 2.15. The van der Waals surface area contributed by atoms with Crippen molar-refractivity contribution in [3.63, 3.8) is 0 Å². The van der Waals surface area contributed by atoms with Crippen LogP contribution < -0.4 is 15.4 Å². The molecule has 8 nitrogen and oxygen atoms in total. The van der Waals surface area contributed by atoms with Crippen molar-refractivity contribution in [2.75, 3.05) is 18.5 Å². The Hall–Kier alpha value is -2.61. The van der Waals surface area contributed by atoms with Gasteiger partial charge < -0.3 is 10.1 Å². The van der Waals surface area contributed by atoms with Crippen molar-refractivity contribution in [1.29, 1.82) is 0 Å². The molecule has 0 fully saturated rings. The monoisotopic (exact) mass is 309 g/mol. The van der Waals surface area contributed by atoms with Gasteiger partial charge in [0.2, 0.25) is 11.9 Å².